The third-order valence-electron chi connectivity index (χ3n) is 3.83. The van der Waals surface area contributed by atoms with Crippen molar-refractivity contribution in [2.75, 3.05) is 30.9 Å². The molecule has 0 saturated carbocycles. The van der Waals surface area contributed by atoms with Crippen LogP contribution < -0.4 is 0 Å². The van der Waals surface area contributed by atoms with Gasteiger partial charge in [-0.25, -0.2) is 8.42 Å². The highest BCUT2D eigenvalue weighted by Gasteiger charge is 2.40. The van der Waals surface area contributed by atoms with Gasteiger partial charge in [0.2, 0.25) is 5.91 Å². The minimum atomic E-state index is -3.12. The maximum absolute atomic E-state index is 12.5. The Balaban J connectivity index is 2.87. The molecule has 0 atom stereocenters. The highest BCUT2D eigenvalue weighted by Crippen LogP contribution is 2.29. The van der Waals surface area contributed by atoms with Crippen molar-refractivity contribution in [2.45, 2.75) is 38.9 Å². The van der Waals surface area contributed by atoms with Gasteiger partial charge in [0.05, 0.1) is 15.9 Å². The van der Waals surface area contributed by atoms with Crippen LogP contribution in [0, 0.1) is 5.41 Å². The highest BCUT2D eigenvalue weighted by atomic mass is 32.2. The monoisotopic (exact) mass is 307 g/mol. The van der Waals surface area contributed by atoms with Gasteiger partial charge in [0.25, 0.3) is 0 Å². The Hall–Kier alpha value is -0.230. The Bertz CT molecular complexity index is 441. The molecule has 0 radical (unpaired) electrons. The molecular formula is C13H25NO3S2. The number of nitrogens with zero attached hydrogens (tertiary/aromatic N) is 1. The van der Waals surface area contributed by atoms with Crippen LogP contribution in [-0.2, 0) is 14.6 Å². The third-order valence-corrected chi connectivity index (χ3v) is 7.45. The number of sulfone groups is 1. The molecule has 0 aromatic heterocycles. The van der Waals surface area contributed by atoms with E-state index in [1.807, 2.05) is 20.1 Å². The zero-order valence-corrected chi connectivity index (χ0v) is 14.2. The number of amides is 1. The fourth-order valence-electron chi connectivity index (χ4n) is 2.23. The quantitative estimate of drug-likeness (QED) is 0.798. The molecule has 6 heteroatoms. The van der Waals surface area contributed by atoms with Gasteiger partial charge < -0.3 is 4.90 Å². The van der Waals surface area contributed by atoms with Crippen molar-refractivity contribution >= 4 is 27.5 Å². The summed E-state index contributed by atoms with van der Waals surface area (Å²) in [6, 6.07) is 0. The van der Waals surface area contributed by atoms with E-state index in [2.05, 4.69) is 0 Å². The van der Waals surface area contributed by atoms with Crippen molar-refractivity contribution in [2.24, 2.45) is 5.41 Å². The zero-order valence-electron chi connectivity index (χ0n) is 12.5. The molecule has 0 aromatic rings. The Labute approximate surface area is 121 Å². The Morgan fingerprint density at radius 2 is 1.89 bits per heavy atom. The average Bonchev–Trinajstić information content (AvgIpc) is 2.36. The second-order valence-electron chi connectivity index (χ2n) is 6.44. The molecule has 1 heterocycles. The molecule has 1 saturated heterocycles. The van der Waals surface area contributed by atoms with Crippen molar-refractivity contribution in [3.8, 4) is 0 Å². The first-order chi connectivity index (χ1) is 8.53. The van der Waals surface area contributed by atoms with E-state index < -0.39 is 20.0 Å². The molecule has 1 aliphatic heterocycles. The molecule has 1 aliphatic rings. The molecular weight excluding hydrogens is 282 g/mol. The fraction of sp³-hybridized carbons (Fsp3) is 0.923. The van der Waals surface area contributed by atoms with E-state index in [9.17, 15) is 13.2 Å². The summed E-state index contributed by atoms with van der Waals surface area (Å²) >= 11 is 1.64. The Morgan fingerprint density at radius 1 is 1.32 bits per heavy atom. The van der Waals surface area contributed by atoms with E-state index in [0.29, 0.717) is 19.5 Å². The van der Waals surface area contributed by atoms with Gasteiger partial charge >= 0.3 is 0 Å². The molecule has 0 aliphatic carbocycles. The third kappa shape index (κ3) is 3.66. The lowest BCUT2D eigenvalue weighted by molar-refractivity contribution is -0.138. The first-order valence-electron chi connectivity index (χ1n) is 6.54. The maximum atomic E-state index is 12.5. The lowest BCUT2D eigenvalue weighted by atomic mass is 9.94. The SMILES string of the molecule is CSCC(C)(C)C(=O)N1CCC(C)(C)S(=O)(=O)CC1. The van der Waals surface area contributed by atoms with E-state index >= 15 is 0 Å². The van der Waals surface area contributed by atoms with Crippen LogP contribution in [-0.4, -0.2) is 54.8 Å². The Morgan fingerprint density at radius 3 is 2.42 bits per heavy atom. The number of rotatable bonds is 3. The van der Waals surface area contributed by atoms with Gasteiger partial charge in [0, 0.05) is 18.8 Å². The average molecular weight is 307 g/mol. The van der Waals surface area contributed by atoms with Gasteiger partial charge in [-0.05, 0) is 26.5 Å². The second-order valence-corrected chi connectivity index (χ2v) is 10.0. The van der Waals surface area contributed by atoms with Gasteiger partial charge in [-0.15, -0.1) is 0 Å². The summed E-state index contributed by atoms with van der Waals surface area (Å²) in [4.78, 5) is 14.2. The molecule has 1 rings (SSSR count). The predicted molar refractivity (Wildman–Crippen MR) is 81.2 cm³/mol. The lowest BCUT2D eigenvalue weighted by Gasteiger charge is -2.30. The van der Waals surface area contributed by atoms with Crippen LogP contribution >= 0.6 is 11.8 Å². The largest absolute Gasteiger partial charge is 0.341 e. The number of carbonyl (C=O) groups is 1. The summed E-state index contributed by atoms with van der Waals surface area (Å²) < 4.78 is 23.5. The molecule has 4 nitrogen and oxygen atoms in total. The first-order valence-corrected chi connectivity index (χ1v) is 9.59. The first kappa shape index (κ1) is 16.8. The summed E-state index contributed by atoms with van der Waals surface area (Å²) in [6.45, 7) is 8.21. The van der Waals surface area contributed by atoms with Crippen molar-refractivity contribution < 1.29 is 13.2 Å². The van der Waals surface area contributed by atoms with E-state index in [-0.39, 0.29) is 11.7 Å². The van der Waals surface area contributed by atoms with E-state index in [0.717, 1.165) is 5.75 Å². The van der Waals surface area contributed by atoms with Crippen LogP contribution in [0.25, 0.3) is 0 Å². The number of carbonyl (C=O) groups excluding carboxylic acids is 1. The Kier molecular flexibility index (Phi) is 4.99. The topological polar surface area (TPSA) is 54.5 Å². The van der Waals surface area contributed by atoms with Gasteiger partial charge in [0.15, 0.2) is 9.84 Å². The van der Waals surface area contributed by atoms with Crippen LogP contribution in [0.2, 0.25) is 0 Å². The van der Waals surface area contributed by atoms with Gasteiger partial charge in [-0.2, -0.15) is 11.8 Å². The molecule has 1 amide bonds. The molecule has 112 valence electrons. The van der Waals surface area contributed by atoms with E-state index in [4.69, 9.17) is 0 Å². The van der Waals surface area contributed by atoms with Gasteiger partial charge in [-0.1, -0.05) is 13.8 Å². The van der Waals surface area contributed by atoms with Crippen LogP contribution in [0.4, 0.5) is 0 Å². The summed E-state index contributed by atoms with van der Waals surface area (Å²) in [7, 11) is -3.12. The summed E-state index contributed by atoms with van der Waals surface area (Å²) in [5.74, 6) is 0.884. The van der Waals surface area contributed by atoms with Crippen LogP contribution in [0.5, 0.6) is 0 Å². The zero-order chi connectivity index (χ0) is 14.9. The molecule has 19 heavy (non-hydrogen) atoms. The number of hydrogen-bond acceptors (Lipinski definition) is 4. The van der Waals surface area contributed by atoms with Crippen molar-refractivity contribution in [1.82, 2.24) is 4.90 Å². The second kappa shape index (κ2) is 5.64. The molecule has 1 fully saturated rings. The van der Waals surface area contributed by atoms with Crippen molar-refractivity contribution in [3.05, 3.63) is 0 Å². The van der Waals surface area contributed by atoms with Crippen molar-refractivity contribution in [1.29, 1.82) is 0 Å². The number of hydrogen-bond donors (Lipinski definition) is 0. The van der Waals surface area contributed by atoms with Crippen LogP contribution in [0.15, 0.2) is 0 Å². The van der Waals surface area contributed by atoms with Crippen LogP contribution in [0.3, 0.4) is 0 Å². The van der Waals surface area contributed by atoms with E-state index in [1.165, 1.54) is 0 Å². The lowest BCUT2D eigenvalue weighted by Crippen LogP contribution is -2.43. The predicted octanol–water partition coefficient (Wildman–Crippen LogP) is 1.80. The smallest absolute Gasteiger partial charge is 0.229 e. The molecule has 0 aromatic carbocycles. The minimum Gasteiger partial charge on any atom is -0.341 e. The normalized spacial score (nSPS) is 22.9. The van der Waals surface area contributed by atoms with Gasteiger partial charge in [0.1, 0.15) is 0 Å². The molecule has 0 bridgehead atoms. The molecule has 0 N–H and O–H groups in total. The summed E-state index contributed by atoms with van der Waals surface area (Å²) in [5.41, 5.74) is -0.433. The minimum absolute atomic E-state index is 0.0646. The number of thioether (sulfide) groups is 1. The molecule has 0 unspecified atom stereocenters. The summed E-state index contributed by atoms with van der Waals surface area (Å²) in [6.07, 6.45) is 2.49. The molecule has 0 spiro atoms. The van der Waals surface area contributed by atoms with E-state index in [1.54, 1.807) is 30.5 Å². The highest BCUT2D eigenvalue weighted by molar-refractivity contribution is 7.98. The van der Waals surface area contributed by atoms with Crippen LogP contribution in [0.1, 0.15) is 34.1 Å². The maximum Gasteiger partial charge on any atom is 0.229 e. The van der Waals surface area contributed by atoms with Gasteiger partial charge in [-0.3, -0.25) is 4.79 Å². The standard InChI is InChI=1S/C13H25NO3S2/c1-12(2,10-18-5)11(15)14-7-6-13(3,4)19(16,17)9-8-14/h6-10H2,1-5H3. The summed E-state index contributed by atoms with van der Waals surface area (Å²) in [5, 5.41) is 0. The van der Waals surface area contributed by atoms with Crippen molar-refractivity contribution in [3.63, 3.8) is 0 Å². The fourth-order valence-corrected chi connectivity index (χ4v) is 4.49.